The molecule has 1 aromatic rings. The largest absolute Gasteiger partial charge is 0.465 e. The van der Waals surface area contributed by atoms with Crippen LogP contribution in [0.1, 0.15) is 43.5 Å². The number of carboxylic acid groups (broad SMARTS) is 1. The Bertz CT molecular complexity index is 743. The van der Waals surface area contributed by atoms with Crippen LogP contribution in [-0.2, 0) is 0 Å². The molecule has 142 valence electrons. The molecule has 0 bridgehead atoms. The van der Waals surface area contributed by atoms with Gasteiger partial charge in [0.1, 0.15) is 5.15 Å². The first kappa shape index (κ1) is 19.2. The molecule has 3 rings (SSSR count). The minimum atomic E-state index is -1.06. The zero-order chi connectivity index (χ0) is 19.1. The van der Waals surface area contributed by atoms with E-state index in [1.165, 1.54) is 6.20 Å². The van der Waals surface area contributed by atoms with Gasteiger partial charge in [-0.05, 0) is 55.0 Å². The molecule has 2 atom stereocenters. The quantitative estimate of drug-likeness (QED) is 0.605. The van der Waals surface area contributed by atoms with Gasteiger partial charge in [0.05, 0.1) is 21.3 Å². The molecule has 7 nitrogen and oxygen atoms in total. The van der Waals surface area contributed by atoms with Crippen molar-refractivity contribution in [1.29, 1.82) is 0 Å². The lowest BCUT2D eigenvalue weighted by atomic mass is 10.0. The van der Waals surface area contributed by atoms with Gasteiger partial charge in [0.25, 0.3) is 5.91 Å². The van der Waals surface area contributed by atoms with E-state index in [1.54, 1.807) is 0 Å². The third-order valence-corrected chi connectivity index (χ3v) is 6.35. The number of nitrogens with zero attached hydrogens (tertiary/aromatic N) is 2. The Hall–Kier alpha value is -1.54. The normalized spacial score (nSPS) is 23.6. The number of amides is 2. The van der Waals surface area contributed by atoms with Crippen LogP contribution < -0.4 is 15.5 Å². The predicted octanol–water partition coefficient (Wildman–Crippen LogP) is 3.26. The second-order valence-corrected chi connectivity index (χ2v) is 8.54. The van der Waals surface area contributed by atoms with E-state index in [0.717, 1.165) is 12.8 Å². The number of pyridine rings is 1. The highest BCUT2D eigenvalue weighted by Gasteiger charge is 2.38. The van der Waals surface area contributed by atoms with Gasteiger partial charge < -0.3 is 20.6 Å². The number of hydrogen-bond donors (Lipinski definition) is 3. The highest BCUT2D eigenvalue weighted by Crippen LogP contribution is 2.38. The first-order valence-corrected chi connectivity index (χ1v) is 9.78. The molecular weight excluding hydrogens is 424 g/mol. The van der Waals surface area contributed by atoms with E-state index in [4.69, 9.17) is 16.7 Å². The fourth-order valence-electron chi connectivity index (χ4n) is 3.44. The molecule has 1 saturated carbocycles. The van der Waals surface area contributed by atoms with Crippen LogP contribution in [0.15, 0.2) is 10.7 Å². The van der Waals surface area contributed by atoms with E-state index in [2.05, 4.69) is 31.5 Å². The summed E-state index contributed by atoms with van der Waals surface area (Å²) in [5, 5.41) is 14.9. The first-order chi connectivity index (χ1) is 12.2. The first-order valence-electron chi connectivity index (χ1n) is 8.61. The third-order valence-electron chi connectivity index (χ3n) is 5.08. The lowest BCUT2D eigenvalue weighted by Gasteiger charge is -2.27. The van der Waals surface area contributed by atoms with Gasteiger partial charge in [-0.2, -0.15) is 0 Å². The van der Waals surface area contributed by atoms with Crippen molar-refractivity contribution in [2.45, 2.75) is 44.7 Å². The zero-order valence-electron chi connectivity index (χ0n) is 14.7. The van der Waals surface area contributed by atoms with Crippen molar-refractivity contribution in [3.63, 3.8) is 0 Å². The number of halogens is 2. The topological polar surface area (TPSA) is 94.6 Å². The van der Waals surface area contributed by atoms with E-state index in [9.17, 15) is 9.59 Å². The summed E-state index contributed by atoms with van der Waals surface area (Å²) in [6.45, 7) is 4.91. The van der Waals surface area contributed by atoms with Crippen LogP contribution in [0.5, 0.6) is 0 Å². The van der Waals surface area contributed by atoms with E-state index >= 15 is 0 Å². The number of aromatic nitrogens is 1. The van der Waals surface area contributed by atoms with Gasteiger partial charge in [0, 0.05) is 25.3 Å². The minimum absolute atomic E-state index is 0.113. The maximum Gasteiger partial charge on any atom is 0.405 e. The fraction of sp³-hybridized carbons (Fsp3) is 0.588. The molecule has 0 spiro atoms. The van der Waals surface area contributed by atoms with Crippen LogP contribution in [-0.4, -0.2) is 46.8 Å². The Balaban J connectivity index is 1.87. The third kappa shape index (κ3) is 4.06. The molecule has 1 aromatic heterocycles. The highest BCUT2D eigenvalue weighted by atomic mass is 79.9. The molecule has 1 unspecified atom stereocenters. The van der Waals surface area contributed by atoms with Crippen LogP contribution in [0.2, 0.25) is 5.15 Å². The van der Waals surface area contributed by atoms with Gasteiger partial charge in [0.2, 0.25) is 0 Å². The number of carbonyl (C=O) groups excluding carboxylic acids is 1. The number of carbonyl (C=O) groups is 2. The zero-order valence-corrected chi connectivity index (χ0v) is 17.0. The summed E-state index contributed by atoms with van der Waals surface area (Å²) < 4.78 is 0.547. The summed E-state index contributed by atoms with van der Waals surface area (Å²) in [6, 6.07) is 0.113. The van der Waals surface area contributed by atoms with Crippen molar-refractivity contribution in [1.82, 2.24) is 15.6 Å². The van der Waals surface area contributed by atoms with E-state index in [0.29, 0.717) is 41.2 Å². The molecule has 2 amide bonds. The maximum atomic E-state index is 12.8. The van der Waals surface area contributed by atoms with Gasteiger partial charge >= 0.3 is 6.09 Å². The van der Waals surface area contributed by atoms with Crippen LogP contribution in [0.3, 0.4) is 0 Å². The van der Waals surface area contributed by atoms with Crippen molar-refractivity contribution in [3.05, 3.63) is 21.4 Å². The van der Waals surface area contributed by atoms with Gasteiger partial charge in [-0.15, -0.1) is 0 Å². The monoisotopic (exact) mass is 444 g/mol. The Kier molecular flexibility index (Phi) is 5.35. The Morgan fingerprint density at radius 2 is 2.19 bits per heavy atom. The molecule has 2 heterocycles. The second-order valence-electron chi connectivity index (χ2n) is 7.39. The lowest BCUT2D eigenvalue weighted by Crippen LogP contribution is -2.47. The minimum Gasteiger partial charge on any atom is -0.465 e. The summed E-state index contributed by atoms with van der Waals surface area (Å²) in [4.78, 5) is 30.0. The summed E-state index contributed by atoms with van der Waals surface area (Å²) in [5.74, 6) is 0.352. The van der Waals surface area contributed by atoms with Gasteiger partial charge in [-0.3, -0.25) is 4.79 Å². The standard InChI is InChI=1S/C17H22BrClN4O3/c1-9(10-3-4-10)21-15(24)11-7-20-14(19)12(18)13(11)23-6-5-17(2,8-23)22-16(25)26/h7,9-10,22H,3-6,8H2,1-2H3,(H,21,24)(H,25,26)/t9?,17-/m0/s1. The molecule has 1 aliphatic heterocycles. The molecule has 0 radical (unpaired) electrons. The second kappa shape index (κ2) is 7.23. The maximum absolute atomic E-state index is 12.8. The van der Waals surface area contributed by atoms with E-state index in [-0.39, 0.29) is 17.1 Å². The van der Waals surface area contributed by atoms with Crippen molar-refractivity contribution in [2.24, 2.45) is 5.92 Å². The summed E-state index contributed by atoms with van der Waals surface area (Å²) in [7, 11) is 0. The van der Waals surface area contributed by atoms with Gasteiger partial charge in [-0.1, -0.05) is 11.6 Å². The fourth-order valence-corrected chi connectivity index (χ4v) is 4.15. The van der Waals surface area contributed by atoms with Gasteiger partial charge in [0.15, 0.2) is 0 Å². The van der Waals surface area contributed by atoms with Crippen molar-refractivity contribution >= 4 is 45.2 Å². The van der Waals surface area contributed by atoms with E-state index in [1.807, 2.05) is 18.7 Å². The Morgan fingerprint density at radius 3 is 2.81 bits per heavy atom. The molecule has 1 saturated heterocycles. The Labute approximate surface area is 165 Å². The molecular formula is C17H22BrClN4O3. The summed E-state index contributed by atoms with van der Waals surface area (Å²) >= 11 is 9.62. The predicted molar refractivity (Wildman–Crippen MR) is 103 cm³/mol. The van der Waals surface area contributed by atoms with Crippen molar-refractivity contribution in [2.75, 3.05) is 18.0 Å². The average molecular weight is 446 g/mol. The molecule has 1 aliphatic carbocycles. The van der Waals surface area contributed by atoms with Crippen molar-refractivity contribution in [3.8, 4) is 0 Å². The van der Waals surface area contributed by atoms with Crippen molar-refractivity contribution < 1.29 is 14.7 Å². The summed E-state index contributed by atoms with van der Waals surface area (Å²) in [6.07, 6.45) is 3.34. The average Bonchev–Trinajstić information content (AvgIpc) is 3.33. The molecule has 2 aliphatic rings. The molecule has 26 heavy (non-hydrogen) atoms. The lowest BCUT2D eigenvalue weighted by molar-refractivity contribution is 0.0935. The molecule has 3 N–H and O–H groups in total. The molecule has 2 fully saturated rings. The molecule has 0 aromatic carbocycles. The van der Waals surface area contributed by atoms with Gasteiger partial charge in [-0.25, -0.2) is 9.78 Å². The van der Waals surface area contributed by atoms with E-state index < -0.39 is 11.6 Å². The van der Waals surface area contributed by atoms with Crippen LogP contribution in [0, 0.1) is 5.92 Å². The van der Waals surface area contributed by atoms with Crippen LogP contribution >= 0.6 is 27.5 Å². The van der Waals surface area contributed by atoms with Crippen LogP contribution in [0.25, 0.3) is 0 Å². The Morgan fingerprint density at radius 1 is 1.50 bits per heavy atom. The molecule has 9 heteroatoms. The number of hydrogen-bond acceptors (Lipinski definition) is 4. The highest BCUT2D eigenvalue weighted by molar-refractivity contribution is 9.10. The number of nitrogens with one attached hydrogen (secondary N) is 2. The number of anilines is 1. The number of rotatable bonds is 5. The summed E-state index contributed by atoms with van der Waals surface area (Å²) in [5.41, 5.74) is 0.505. The SMILES string of the molecule is CC(NC(=O)c1cnc(Cl)c(Br)c1N1CC[C@](C)(NC(=O)O)C1)C1CC1. The smallest absolute Gasteiger partial charge is 0.405 e. The van der Waals surface area contributed by atoms with Crippen LogP contribution in [0.4, 0.5) is 10.5 Å².